The van der Waals surface area contributed by atoms with E-state index < -0.39 is 0 Å². The molecule has 0 aromatic carbocycles. The largest absolute Gasteiger partial charge is 0.379 e. The molecule has 0 unspecified atom stereocenters. The van der Waals surface area contributed by atoms with Gasteiger partial charge in [-0.2, -0.15) is 0 Å². The fourth-order valence-electron chi connectivity index (χ4n) is 2.35. The van der Waals surface area contributed by atoms with Gasteiger partial charge in [0, 0.05) is 44.9 Å². The molecule has 0 bridgehead atoms. The highest BCUT2D eigenvalue weighted by Gasteiger charge is 2.16. The van der Waals surface area contributed by atoms with Gasteiger partial charge in [-0.15, -0.1) is 0 Å². The second kappa shape index (κ2) is 22.0. The Bertz CT molecular complexity index is 489. The van der Waals surface area contributed by atoms with Gasteiger partial charge in [0.15, 0.2) is 0 Å². The van der Waals surface area contributed by atoms with Crippen molar-refractivity contribution in [2.24, 2.45) is 17.4 Å². The van der Waals surface area contributed by atoms with Crippen molar-refractivity contribution >= 4 is 17.7 Å². The SMILES string of the molecule is CC(C)C(=O)NC(COCCC(=O)NCCOCCN)COCCC(=O)NCCOCCN. The third kappa shape index (κ3) is 20.5. The maximum absolute atomic E-state index is 12.0. The molecule has 0 saturated heterocycles. The number of rotatable bonds is 22. The van der Waals surface area contributed by atoms with E-state index in [1.165, 1.54) is 0 Å². The number of nitrogens with two attached hydrogens (primary N) is 2. The Morgan fingerprint density at radius 1 is 0.697 bits per heavy atom. The monoisotopic (exact) mass is 477 g/mol. The molecule has 0 aromatic rings. The van der Waals surface area contributed by atoms with Gasteiger partial charge in [0.25, 0.3) is 0 Å². The highest BCUT2D eigenvalue weighted by Crippen LogP contribution is 1.97. The third-order valence-corrected chi connectivity index (χ3v) is 4.12. The zero-order chi connectivity index (χ0) is 24.7. The Balaban J connectivity index is 4.08. The molecule has 12 nitrogen and oxygen atoms in total. The van der Waals surface area contributed by atoms with Gasteiger partial charge >= 0.3 is 0 Å². The van der Waals surface area contributed by atoms with Gasteiger partial charge in [-0.25, -0.2) is 0 Å². The van der Waals surface area contributed by atoms with Crippen molar-refractivity contribution in [3.63, 3.8) is 0 Å². The number of hydrogen-bond donors (Lipinski definition) is 5. The molecule has 194 valence electrons. The van der Waals surface area contributed by atoms with E-state index >= 15 is 0 Å². The van der Waals surface area contributed by atoms with E-state index in [2.05, 4.69) is 16.0 Å². The van der Waals surface area contributed by atoms with E-state index in [4.69, 9.17) is 30.4 Å². The maximum atomic E-state index is 12.0. The molecule has 0 aliphatic heterocycles. The molecule has 0 heterocycles. The van der Waals surface area contributed by atoms with Gasteiger partial charge in [-0.3, -0.25) is 14.4 Å². The number of carbonyl (C=O) groups is 3. The number of amides is 3. The average Bonchev–Trinajstić information content (AvgIpc) is 2.78. The first-order valence-corrected chi connectivity index (χ1v) is 11.5. The lowest BCUT2D eigenvalue weighted by Gasteiger charge is -2.20. The highest BCUT2D eigenvalue weighted by molar-refractivity contribution is 5.78. The summed E-state index contributed by atoms with van der Waals surface area (Å²) in [4.78, 5) is 35.6. The quantitative estimate of drug-likeness (QED) is 0.112. The first kappa shape index (κ1) is 31.2. The Morgan fingerprint density at radius 2 is 1.15 bits per heavy atom. The van der Waals surface area contributed by atoms with Crippen LogP contribution in [0.2, 0.25) is 0 Å². The molecule has 0 fully saturated rings. The lowest BCUT2D eigenvalue weighted by molar-refractivity contribution is -0.127. The normalized spacial score (nSPS) is 11.1. The predicted molar refractivity (Wildman–Crippen MR) is 123 cm³/mol. The topological polar surface area (TPSA) is 176 Å². The fourth-order valence-corrected chi connectivity index (χ4v) is 2.35. The van der Waals surface area contributed by atoms with Crippen LogP contribution >= 0.6 is 0 Å². The van der Waals surface area contributed by atoms with E-state index in [1.54, 1.807) is 13.8 Å². The maximum Gasteiger partial charge on any atom is 0.222 e. The second-order valence-corrected chi connectivity index (χ2v) is 7.51. The molecule has 7 N–H and O–H groups in total. The summed E-state index contributed by atoms with van der Waals surface area (Å²) in [6, 6.07) is -0.389. The Hall–Kier alpha value is -1.83. The lowest BCUT2D eigenvalue weighted by Crippen LogP contribution is -2.43. The van der Waals surface area contributed by atoms with Crippen molar-refractivity contribution < 1.29 is 33.3 Å². The van der Waals surface area contributed by atoms with Crippen LogP contribution in [0.4, 0.5) is 0 Å². The standard InChI is InChI=1S/C21H43N5O7/c1-17(2)21(29)26-18(15-32-9-3-19(27)24-7-13-30-11-5-22)16-33-10-4-20(28)25-8-14-31-12-6-23/h17-18H,3-16,22-23H2,1-2H3,(H,24,27)(H,25,28)(H,26,29). The van der Waals surface area contributed by atoms with Gasteiger partial charge in [0.05, 0.1) is 58.9 Å². The van der Waals surface area contributed by atoms with Gasteiger partial charge in [-0.1, -0.05) is 13.8 Å². The molecule has 0 aliphatic rings. The first-order valence-electron chi connectivity index (χ1n) is 11.5. The molecule has 0 aliphatic carbocycles. The summed E-state index contributed by atoms with van der Waals surface area (Å²) in [5, 5.41) is 8.30. The van der Waals surface area contributed by atoms with Gasteiger partial charge < -0.3 is 46.4 Å². The van der Waals surface area contributed by atoms with Crippen molar-refractivity contribution in [1.82, 2.24) is 16.0 Å². The number of carbonyl (C=O) groups excluding carboxylic acids is 3. The summed E-state index contributed by atoms with van der Waals surface area (Å²) in [5.41, 5.74) is 10.6. The van der Waals surface area contributed by atoms with Crippen molar-refractivity contribution in [1.29, 1.82) is 0 Å². The van der Waals surface area contributed by atoms with Crippen LogP contribution < -0.4 is 27.4 Å². The van der Waals surface area contributed by atoms with Gasteiger partial charge in [0.2, 0.25) is 17.7 Å². The zero-order valence-electron chi connectivity index (χ0n) is 20.1. The van der Waals surface area contributed by atoms with Crippen LogP contribution in [0.1, 0.15) is 26.7 Å². The van der Waals surface area contributed by atoms with E-state index in [-0.39, 0.29) is 69.0 Å². The molecule has 3 amide bonds. The fraction of sp³-hybridized carbons (Fsp3) is 0.857. The minimum Gasteiger partial charge on any atom is -0.379 e. The van der Waals surface area contributed by atoms with Crippen LogP contribution in [0, 0.1) is 5.92 Å². The highest BCUT2D eigenvalue weighted by atomic mass is 16.5. The number of ether oxygens (including phenoxy) is 4. The smallest absolute Gasteiger partial charge is 0.222 e. The van der Waals surface area contributed by atoms with Crippen LogP contribution in [0.15, 0.2) is 0 Å². The van der Waals surface area contributed by atoms with Crippen LogP contribution in [0.25, 0.3) is 0 Å². The van der Waals surface area contributed by atoms with Gasteiger partial charge in [0.1, 0.15) is 0 Å². The van der Waals surface area contributed by atoms with E-state index in [1.807, 2.05) is 0 Å². The molecule has 0 radical (unpaired) electrons. The molecule has 33 heavy (non-hydrogen) atoms. The van der Waals surface area contributed by atoms with Crippen molar-refractivity contribution in [2.75, 3.05) is 79.0 Å². The van der Waals surface area contributed by atoms with Crippen molar-refractivity contribution in [3.05, 3.63) is 0 Å². The summed E-state index contributed by atoms with van der Waals surface area (Å²) < 4.78 is 21.5. The summed E-state index contributed by atoms with van der Waals surface area (Å²) >= 11 is 0. The summed E-state index contributed by atoms with van der Waals surface area (Å²) in [6.07, 6.45) is 0.384. The molecule has 0 saturated carbocycles. The second-order valence-electron chi connectivity index (χ2n) is 7.51. The summed E-state index contributed by atoms with van der Waals surface area (Å²) in [5.74, 6) is -0.612. The Kier molecular flexibility index (Phi) is 20.8. The third-order valence-electron chi connectivity index (χ3n) is 4.12. The van der Waals surface area contributed by atoms with Crippen molar-refractivity contribution in [2.45, 2.75) is 32.7 Å². The van der Waals surface area contributed by atoms with Crippen LogP contribution in [0.5, 0.6) is 0 Å². The molecule has 0 rings (SSSR count). The van der Waals surface area contributed by atoms with E-state index in [9.17, 15) is 14.4 Å². The molecule has 0 atom stereocenters. The van der Waals surface area contributed by atoms with E-state index in [0.717, 1.165) is 0 Å². The first-order chi connectivity index (χ1) is 15.9. The average molecular weight is 478 g/mol. The number of hydrogen-bond acceptors (Lipinski definition) is 9. The minimum atomic E-state index is -0.389. The summed E-state index contributed by atoms with van der Waals surface area (Å²) in [7, 11) is 0. The molecular weight excluding hydrogens is 434 g/mol. The predicted octanol–water partition coefficient (Wildman–Crippen LogP) is -1.88. The minimum absolute atomic E-state index is 0.127. The summed E-state index contributed by atoms with van der Waals surface area (Å²) in [6.45, 7) is 7.81. The number of nitrogens with one attached hydrogen (secondary N) is 3. The van der Waals surface area contributed by atoms with Gasteiger partial charge in [-0.05, 0) is 0 Å². The van der Waals surface area contributed by atoms with Crippen LogP contribution in [-0.2, 0) is 33.3 Å². The van der Waals surface area contributed by atoms with Crippen molar-refractivity contribution in [3.8, 4) is 0 Å². The Labute approximate surface area is 196 Å². The van der Waals surface area contributed by atoms with E-state index in [0.29, 0.717) is 52.6 Å². The molecular formula is C21H43N5O7. The molecule has 0 aromatic heterocycles. The lowest BCUT2D eigenvalue weighted by atomic mass is 10.2. The zero-order valence-corrected chi connectivity index (χ0v) is 20.1. The Morgan fingerprint density at radius 3 is 1.55 bits per heavy atom. The van der Waals surface area contributed by atoms with Crippen LogP contribution in [0.3, 0.4) is 0 Å². The molecule has 0 spiro atoms. The van der Waals surface area contributed by atoms with Crippen LogP contribution in [-0.4, -0.2) is 103 Å². The molecule has 12 heteroatoms.